The molecule has 0 amide bonds. The normalized spacial score (nSPS) is 14.6. The fourth-order valence-corrected chi connectivity index (χ4v) is 9.04. The lowest BCUT2D eigenvalue weighted by Gasteiger charge is -2.30. The summed E-state index contributed by atoms with van der Waals surface area (Å²) < 4.78 is 0. The van der Waals surface area contributed by atoms with Gasteiger partial charge in [-0.1, -0.05) is 183 Å². The van der Waals surface area contributed by atoms with Crippen LogP contribution in [0.25, 0.3) is 44.5 Å². The summed E-state index contributed by atoms with van der Waals surface area (Å²) in [5.74, 6) is 0.510. The van der Waals surface area contributed by atoms with Gasteiger partial charge in [0.05, 0.1) is 0 Å². The summed E-state index contributed by atoms with van der Waals surface area (Å²) in [4.78, 5) is 4.80. The molecular formula is C61H50N2. The van der Waals surface area contributed by atoms with Gasteiger partial charge in [0, 0.05) is 34.1 Å². The van der Waals surface area contributed by atoms with Gasteiger partial charge in [-0.25, -0.2) is 0 Å². The predicted octanol–water partition coefficient (Wildman–Crippen LogP) is 17.0. The molecule has 1 unspecified atom stereocenters. The van der Waals surface area contributed by atoms with Gasteiger partial charge in [0.2, 0.25) is 0 Å². The Morgan fingerprint density at radius 1 is 0.333 bits per heavy atom. The van der Waals surface area contributed by atoms with Gasteiger partial charge in [0.25, 0.3) is 0 Å². The molecule has 0 radical (unpaired) electrons. The smallest absolute Gasteiger partial charge is 0.0462 e. The van der Waals surface area contributed by atoms with Crippen LogP contribution in [-0.2, 0) is 0 Å². The van der Waals surface area contributed by atoms with E-state index in [1.165, 1.54) is 61.4 Å². The highest BCUT2D eigenvalue weighted by atomic mass is 15.2. The molecule has 0 heterocycles. The Hall–Kier alpha value is -7.68. The summed E-state index contributed by atoms with van der Waals surface area (Å²) >= 11 is 0. The molecule has 0 fully saturated rings. The van der Waals surface area contributed by atoms with Crippen LogP contribution in [0.1, 0.15) is 37.3 Å². The van der Waals surface area contributed by atoms with Gasteiger partial charge in [0.1, 0.15) is 0 Å². The zero-order chi connectivity index (χ0) is 42.4. The highest BCUT2D eigenvalue weighted by Gasteiger charge is 2.20. The molecule has 0 aliphatic heterocycles. The maximum absolute atomic E-state index is 2.42. The van der Waals surface area contributed by atoms with E-state index >= 15 is 0 Å². The quantitative estimate of drug-likeness (QED) is 0.128. The molecule has 0 aromatic heterocycles. The Morgan fingerprint density at radius 2 is 0.698 bits per heavy atom. The van der Waals surface area contributed by atoms with E-state index in [-0.39, 0.29) is 0 Å². The van der Waals surface area contributed by atoms with Gasteiger partial charge in [-0.15, -0.1) is 0 Å². The first-order valence-corrected chi connectivity index (χ1v) is 22.2. The van der Waals surface area contributed by atoms with Crippen LogP contribution in [0.3, 0.4) is 0 Å². The summed E-state index contributed by atoms with van der Waals surface area (Å²) in [6, 6.07) is 77.0. The van der Waals surface area contributed by atoms with Crippen molar-refractivity contribution in [3.05, 3.63) is 260 Å². The van der Waals surface area contributed by atoms with Crippen molar-refractivity contribution >= 4 is 39.6 Å². The zero-order valence-electron chi connectivity index (χ0n) is 35.7. The van der Waals surface area contributed by atoms with Gasteiger partial charge in [-0.2, -0.15) is 0 Å². The van der Waals surface area contributed by atoms with Gasteiger partial charge in [-0.05, 0) is 148 Å². The van der Waals surface area contributed by atoms with Gasteiger partial charge < -0.3 is 9.80 Å². The first kappa shape index (κ1) is 39.5. The molecule has 304 valence electrons. The molecule has 2 nitrogen and oxygen atoms in total. The Labute approximate surface area is 372 Å². The number of benzene rings is 8. The number of allylic oxidation sites excluding steroid dienone is 8. The molecule has 1 atom stereocenters. The standard InChI is InChI=1S/C61H50N2/c1-45-13-11-12-20-61(45)54-31-43-60(44-32-54)63(57-37-25-51(26-38-57)48-18-9-4-10-19-48)59-41-29-53(30-42-59)52-27-39-58(40-28-52)62(55-33-21-49(22-34-55)46-14-5-2-6-15-46)56-35-23-50(24-36-56)47-16-7-3-8-17-47/h2-12,14-27,29-39,41-45H,13,28,40H2,1H3. The maximum Gasteiger partial charge on any atom is 0.0462 e. The molecule has 8 aromatic carbocycles. The monoisotopic (exact) mass is 810 g/mol. The van der Waals surface area contributed by atoms with Crippen LogP contribution in [0.15, 0.2) is 248 Å². The van der Waals surface area contributed by atoms with Crippen molar-refractivity contribution in [1.29, 1.82) is 0 Å². The number of hydrogen-bond acceptors (Lipinski definition) is 2. The highest BCUT2D eigenvalue weighted by Crippen LogP contribution is 2.41. The van der Waals surface area contributed by atoms with Crippen LogP contribution in [0.2, 0.25) is 0 Å². The summed E-state index contributed by atoms with van der Waals surface area (Å²) in [6.45, 7) is 2.31. The third-order valence-electron chi connectivity index (χ3n) is 12.5. The van der Waals surface area contributed by atoms with Crippen molar-refractivity contribution in [2.45, 2.75) is 26.2 Å². The molecule has 0 saturated carbocycles. The lowest BCUT2D eigenvalue weighted by Crippen LogP contribution is -2.17. The SMILES string of the molecule is CC1CC=CC=C1c1ccc(N(c2ccc(C3=CC=C(N(c4ccc(-c5ccccc5)cc4)c4ccc(-c5ccccc5)cc4)CC3)cc2)c2ccc(-c3ccccc3)cc2)cc1. The summed E-state index contributed by atoms with van der Waals surface area (Å²) in [5.41, 5.74) is 19.6. The Morgan fingerprint density at radius 3 is 1.08 bits per heavy atom. The largest absolute Gasteiger partial charge is 0.314 e. The third kappa shape index (κ3) is 8.62. The minimum Gasteiger partial charge on any atom is -0.314 e. The summed E-state index contributed by atoms with van der Waals surface area (Å²) in [6.07, 6.45) is 14.3. The predicted molar refractivity (Wildman–Crippen MR) is 269 cm³/mol. The van der Waals surface area contributed by atoms with E-state index in [0.717, 1.165) is 47.7 Å². The third-order valence-corrected chi connectivity index (χ3v) is 12.5. The summed E-state index contributed by atoms with van der Waals surface area (Å²) in [7, 11) is 0. The zero-order valence-corrected chi connectivity index (χ0v) is 35.7. The van der Waals surface area contributed by atoms with Crippen molar-refractivity contribution in [3.63, 3.8) is 0 Å². The molecule has 2 heteroatoms. The van der Waals surface area contributed by atoms with Gasteiger partial charge in [0.15, 0.2) is 0 Å². The van der Waals surface area contributed by atoms with E-state index < -0.39 is 0 Å². The lowest BCUT2D eigenvalue weighted by atomic mass is 9.88. The highest BCUT2D eigenvalue weighted by molar-refractivity contribution is 5.82. The number of hydrogen-bond donors (Lipinski definition) is 0. The fourth-order valence-electron chi connectivity index (χ4n) is 9.04. The van der Waals surface area contributed by atoms with E-state index in [2.05, 4.69) is 259 Å². The van der Waals surface area contributed by atoms with Crippen LogP contribution in [-0.4, -0.2) is 0 Å². The summed E-state index contributed by atoms with van der Waals surface area (Å²) in [5, 5.41) is 0. The van der Waals surface area contributed by atoms with Crippen LogP contribution >= 0.6 is 0 Å². The maximum atomic E-state index is 2.42. The Kier molecular flexibility index (Phi) is 11.3. The van der Waals surface area contributed by atoms with Gasteiger partial charge >= 0.3 is 0 Å². The van der Waals surface area contributed by atoms with E-state index in [0.29, 0.717) is 5.92 Å². The van der Waals surface area contributed by atoms with Gasteiger partial charge in [-0.3, -0.25) is 0 Å². The fraction of sp³-hybridized carbons (Fsp3) is 0.0820. The molecule has 63 heavy (non-hydrogen) atoms. The van der Waals surface area contributed by atoms with Crippen LogP contribution in [0, 0.1) is 5.92 Å². The van der Waals surface area contributed by atoms with Crippen LogP contribution < -0.4 is 9.80 Å². The molecule has 0 spiro atoms. The second-order valence-corrected chi connectivity index (χ2v) is 16.5. The van der Waals surface area contributed by atoms with Crippen molar-refractivity contribution < 1.29 is 0 Å². The molecule has 0 N–H and O–H groups in total. The molecule has 0 bridgehead atoms. The minimum absolute atomic E-state index is 0.510. The Balaban J connectivity index is 0.954. The van der Waals surface area contributed by atoms with E-state index in [1.807, 2.05) is 0 Å². The first-order chi connectivity index (χ1) is 31.1. The van der Waals surface area contributed by atoms with Crippen molar-refractivity contribution in [3.8, 4) is 33.4 Å². The molecule has 0 saturated heterocycles. The molecule has 2 aliphatic rings. The number of rotatable bonds is 11. The Bertz CT molecular complexity index is 2820. The van der Waals surface area contributed by atoms with Crippen LogP contribution in [0.4, 0.5) is 28.4 Å². The minimum atomic E-state index is 0.510. The topological polar surface area (TPSA) is 6.48 Å². The average Bonchev–Trinajstić information content (AvgIpc) is 3.36. The van der Waals surface area contributed by atoms with E-state index in [4.69, 9.17) is 0 Å². The van der Waals surface area contributed by atoms with Crippen molar-refractivity contribution in [1.82, 2.24) is 0 Å². The average molecular weight is 811 g/mol. The van der Waals surface area contributed by atoms with Crippen molar-refractivity contribution in [2.24, 2.45) is 5.92 Å². The second-order valence-electron chi connectivity index (χ2n) is 16.5. The molecule has 2 aliphatic carbocycles. The van der Waals surface area contributed by atoms with E-state index in [9.17, 15) is 0 Å². The number of anilines is 5. The first-order valence-electron chi connectivity index (χ1n) is 22.2. The van der Waals surface area contributed by atoms with Crippen LogP contribution in [0.5, 0.6) is 0 Å². The molecule has 10 rings (SSSR count). The van der Waals surface area contributed by atoms with Crippen molar-refractivity contribution in [2.75, 3.05) is 9.80 Å². The molecular weight excluding hydrogens is 761 g/mol. The molecule has 8 aromatic rings. The number of nitrogens with zero attached hydrogens (tertiary/aromatic N) is 2. The second kappa shape index (κ2) is 18.1. The lowest BCUT2D eigenvalue weighted by molar-refractivity contribution is 0.758. The van der Waals surface area contributed by atoms with E-state index in [1.54, 1.807) is 0 Å².